The summed E-state index contributed by atoms with van der Waals surface area (Å²) in [6, 6.07) is 4.60. The highest BCUT2D eigenvalue weighted by atomic mass is 32.1. The second-order valence-electron chi connectivity index (χ2n) is 3.81. The maximum Gasteiger partial charge on any atom is 0.285 e. The summed E-state index contributed by atoms with van der Waals surface area (Å²) in [5.74, 6) is -0.563. The number of carbonyl (C=O) groups excluding carboxylic acids is 1. The Morgan fingerprint density at radius 1 is 1.37 bits per heavy atom. The SMILES string of the molecule is Cc1nnc(NC(=O)c2cccc(C)c2[N+](=O)[O-])s1. The van der Waals surface area contributed by atoms with E-state index in [9.17, 15) is 14.9 Å². The molecule has 1 heterocycles. The molecular weight excluding hydrogens is 268 g/mol. The van der Waals surface area contributed by atoms with Gasteiger partial charge in [0.25, 0.3) is 11.6 Å². The van der Waals surface area contributed by atoms with E-state index in [1.807, 2.05) is 0 Å². The third-order valence-electron chi connectivity index (χ3n) is 2.41. The van der Waals surface area contributed by atoms with Gasteiger partial charge in [-0.05, 0) is 19.9 Å². The van der Waals surface area contributed by atoms with E-state index < -0.39 is 10.8 Å². The summed E-state index contributed by atoms with van der Waals surface area (Å²) < 4.78 is 0. The molecule has 0 unspecified atom stereocenters. The van der Waals surface area contributed by atoms with Gasteiger partial charge < -0.3 is 0 Å². The Hall–Kier alpha value is -2.35. The average molecular weight is 278 g/mol. The van der Waals surface area contributed by atoms with Gasteiger partial charge in [-0.15, -0.1) is 10.2 Å². The minimum atomic E-state index is -0.563. The van der Waals surface area contributed by atoms with Gasteiger partial charge in [-0.2, -0.15) is 0 Å². The number of amides is 1. The van der Waals surface area contributed by atoms with Crippen LogP contribution in [0.2, 0.25) is 0 Å². The summed E-state index contributed by atoms with van der Waals surface area (Å²) in [6.45, 7) is 3.34. The number of aryl methyl sites for hydroxylation is 2. The maximum absolute atomic E-state index is 12.0. The Balaban J connectivity index is 2.34. The molecule has 0 spiro atoms. The van der Waals surface area contributed by atoms with E-state index in [1.165, 1.54) is 17.4 Å². The Labute approximate surface area is 112 Å². The fraction of sp³-hybridized carbons (Fsp3) is 0.182. The van der Waals surface area contributed by atoms with E-state index in [-0.39, 0.29) is 11.3 Å². The van der Waals surface area contributed by atoms with Crippen molar-refractivity contribution in [1.29, 1.82) is 0 Å². The molecule has 98 valence electrons. The molecule has 0 saturated heterocycles. The van der Waals surface area contributed by atoms with Crippen molar-refractivity contribution < 1.29 is 9.72 Å². The minimum absolute atomic E-state index is 0.0119. The van der Waals surface area contributed by atoms with Gasteiger partial charge in [0.2, 0.25) is 5.13 Å². The molecule has 1 amide bonds. The number of nitrogens with zero attached hydrogens (tertiary/aromatic N) is 3. The van der Waals surface area contributed by atoms with Gasteiger partial charge in [0.05, 0.1) is 4.92 Å². The number of benzene rings is 1. The number of rotatable bonds is 3. The Morgan fingerprint density at radius 2 is 2.11 bits per heavy atom. The number of aromatic nitrogens is 2. The standard InChI is InChI=1S/C11H10N4O3S/c1-6-4-3-5-8(9(6)15(17)18)10(16)12-11-14-13-7(2)19-11/h3-5H,1-2H3,(H,12,14,16). The average Bonchev–Trinajstić information content (AvgIpc) is 2.73. The molecule has 1 N–H and O–H groups in total. The number of hydrogen-bond donors (Lipinski definition) is 1. The van der Waals surface area contributed by atoms with Crippen molar-refractivity contribution in [3.63, 3.8) is 0 Å². The van der Waals surface area contributed by atoms with Crippen LogP contribution in [0.5, 0.6) is 0 Å². The number of nitrogens with one attached hydrogen (secondary N) is 1. The normalized spacial score (nSPS) is 10.2. The summed E-state index contributed by atoms with van der Waals surface area (Å²) in [7, 11) is 0. The molecule has 0 saturated carbocycles. The summed E-state index contributed by atoms with van der Waals surface area (Å²) >= 11 is 1.21. The highest BCUT2D eigenvalue weighted by Crippen LogP contribution is 2.24. The van der Waals surface area contributed by atoms with Gasteiger partial charge in [-0.1, -0.05) is 23.5 Å². The van der Waals surface area contributed by atoms with E-state index in [0.717, 1.165) is 0 Å². The molecule has 1 aromatic heterocycles. The van der Waals surface area contributed by atoms with Gasteiger partial charge in [0, 0.05) is 5.56 Å². The molecule has 2 rings (SSSR count). The number of anilines is 1. The van der Waals surface area contributed by atoms with E-state index in [4.69, 9.17) is 0 Å². The van der Waals surface area contributed by atoms with Crippen LogP contribution in [0.15, 0.2) is 18.2 Å². The van der Waals surface area contributed by atoms with E-state index >= 15 is 0 Å². The highest BCUT2D eigenvalue weighted by Gasteiger charge is 2.23. The molecule has 2 aromatic rings. The van der Waals surface area contributed by atoms with Crippen LogP contribution in [0.3, 0.4) is 0 Å². The van der Waals surface area contributed by atoms with E-state index in [1.54, 1.807) is 26.0 Å². The molecule has 0 aliphatic carbocycles. The molecule has 0 bridgehead atoms. The van der Waals surface area contributed by atoms with Crippen LogP contribution in [0, 0.1) is 24.0 Å². The van der Waals surface area contributed by atoms with Crippen LogP contribution in [-0.2, 0) is 0 Å². The fourth-order valence-electron chi connectivity index (χ4n) is 1.60. The molecular formula is C11H10N4O3S. The minimum Gasteiger partial charge on any atom is -0.296 e. The summed E-state index contributed by atoms with van der Waals surface area (Å²) in [5, 5.41) is 22.0. The predicted molar refractivity (Wildman–Crippen MR) is 70.4 cm³/mol. The lowest BCUT2D eigenvalue weighted by atomic mass is 10.1. The molecule has 19 heavy (non-hydrogen) atoms. The number of carbonyl (C=O) groups is 1. The third-order valence-corrected chi connectivity index (χ3v) is 3.17. The molecule has 7 nitrogen and oxygen atoms in total. The van der Waals surface area contributed by atoms with E-state index in [2.05, 4.69) is 15.5 Å². The number of para-hydroxylation sites is 1. The topological polar surface area (TPSA) is 98.0 Å². The van der Waals surface area contributed by atoms with Crippen molar-refractivity contribution in [1.82, 2.24) is 10.2 Å². The van der Waals surface area contributed by atoms with Gasteiger partial charge >= 0.3 is 0 Å². The smallest absolute Gasteiger partial charge is 0.285 e. The van der Waals surface area contributed by atoms with Gasteiger partial charge in [0.1, 0.15) is 10.6 Å². The quantitative estimate of drug-likeness (QED) is 0.686. The number of nitro groups is 1. The zero-order chi connectivity index (χ0) is 14.0. The molecule has 0 aliphatic heterocycles. The van der Waals surface area contributed by atoms with Crippen LogP contribution in [-0.4, -0.2) is 21.0 Å². The first-order valence-corrected chi connectivity index (χ1v) is 6.16. The molecule has 0 radical (unpaired) electrons. The Bertz CT molecular complexity index is 653. The van der Waals surface area contributed by atoms with Crippen LogP contribution in [0.25, 0.3) is 0 Å². The summed E-state index contributed by atoms with van der Waals surface area (Å²) in [5.41, 5.74) is 0.255. The Kier molecular flexibility index (Phi) is 3.52. The van der Waals surface area contributed by atoms with Crippen LogP contribution < -0.4 is 5.32 Å². The predicted octanol–water partition coefficient (Wildman–Crippen LogP) is 2.32. The zero-order valence-corrected chi connectivity index (χ0v) is 11.0. The second kappa shape index (κ2) is 5.11. The highest BCUT2D eigenvalue weighted by molar-refractivity contribution is 7.15. The Morgan fingerprint density at radius 3 is 2.68 bits per heavy atom. The van der Waals surface area contributed by atoms with Gasteiger partial charge in [-0.3, -0.25) is 20.2 Å². The molecule has 1 aromatic carbocycles. The second-order valence-corrected chi connectivity index (χ2v) is 4.99. The first kappa shape index (κ1) is 13.1. The maximum atomic E-state index is 12.0. The third kappa shape index (κ3) is 2.74. The van der Waals surface area contributed by atoms with Gasteiger partial charge in [0.15, 0.2) is 0 Å². The number of nitro benzene ring substituents is 1. The van der Waals surface area contributed by atoms with Crippen molar-refractivity contribution in [2.75, 3.05) is 5.32 Å². The van der Waals surface area contributed by atoms with Crippen molar-refractivity contribution in [2.24, 2.45) is 0 Å². The van der Waals surface area contributed by atoms with Crippen LogP contribution >= 0.6 is 11.3 Å². The molecule has 0 aliphatic rings. The van der Waals surface area contributed by atoms with Crippen molar-refractivity contribution in [2.45, 2.75) is 13.8 Å². The molecule has 0 fully saturated rings. The van der Waals surface area contributed by atoms with E-state index in [0.29, 0.717) is 15.7 Å². The monoisotopic (exact) mass is 278 g/mol. The van der Waals surface area contributed by atoms with Crippen LogP contribution in [0.4, 0.5) is 10.8 Å². The summed E-state index contributed by atoms with van der Waals surface area (Å²) in [6.07, 6.45) is 0. The lowest BCUT2D eigenvalue weighted by Crippen LogP contribution is -2.14. The van der Waals surface area contributed by atoms with Crippen molar-refractivity contribution >= 4 is 28.1 Å². The lowest BCUT2D eigenvalue weighted by Gasteiger charge is -2.04. The fourth-order valence-corrected chi connectivity index (χ4v) is 2.18. The summed E-state index contributed by atoms with van der Waals surface area (Å²) in [4.78, 5) is 22.5. The largest absolute Gasteiger partial charge is 0.296 e. The first-order valence-electron chi connectivity index (χ1n) is 5.34. The first-order chi connectivity index (χ1) is 8.99. The van der Waals surface area contributed by atoms with Crippen molar-refractivity contribution in [3.05, 3.63) is 44.4 Å². The zero-order valence-electron chi connectivity index (χ0n) is 10.2. The molecule has 0 atom stereocenters. The van der Waals surface area contributed by atoms with Crippen LogP contribution in [0.1, 0.15) is 20.9 Å². The van der Waals surface area contributed by atoms with Crippen molar-refractivity contribution in [3.8, 4) is 0 Å². The molecule has 8 heteroatoms. The van der Waals surface area contributed by atoms with Gasteiger partial charge in [-0.25, -0.2) is 0 Å². The number of hydrogen-bond acceptors (Lipinski definition) is 6. The lowest BCUT2D eigenvalue weighted by molar-refractivity contribution is -0.385.